The normalized spacial score (nSPS) is 15.8. The van der Waals surface area contributed by atoms with Crippen LogP contribution in [0.3, 0.4) is 0 Å². The zero-order valence-electron chi connectivity index (χ0n) is 10.7. The van der Waals surface area contributed by atoms with Crippen LogP contribution in [0.5, 0.6) is 0 Å². The molecule has 18 heavy (non-hydrogen) atoms. The van der Waals surface area contributed by atoms with E-state index < -0.39 is 11.6 Å². The summed E-state index contributed by atoms with van der Waals surface area (Å²) in [4.78, 5) is 11.3. The van der Waals surface area contributed by atoms with Gasteiger partial charge in [-0.15, -0.1) is 0 Å². The fourth-order valence-electron chi connectivity index (χ4n) is 1.51. The maximum absolute atomic E-state index is 12.8. The van der Waals surface area contributed by atoms with Gasteiger partial charge in [0.05, 0.1) is 7.11 Å². The van der Waals surface area contributed by atoms with Crippen molar-refractivity contribution in [1.82, 2.24) is 5.32 Å². The van der Waals surface area contributed by atoms with Crippen LogP contribution in [0.25, 0.3) is 0 Å². The van der Waals surface area contributed by atoms with E-state index in [9.17, 15) is 14.3 Å². The number of halogens is 1. The largest absolute Gasteiger partial charge is 0.467 e. The summed E-state index contributed by atoms with van der Waals surface area (Å²) >= 11 is 0. The summed E-state index contributed by atoms with van der Waals surface area (Å²) in [7, 11) is 1.22. The number of esters is 1. The average Bonchev–Trinajstić information content (AvgIpc) is 2.35. The van der Waals surface area contributed by atoms with Crippen LogP contribution in [0.15, 0.2) is 24.3 Å². The Morgan fingerprint density at radius 2 is 2.06 bits per heavy atom. The summed E-state index contributed by atoms with van der Waals surface area (Å²) < 4.78 is 17.2. The Labute approximate surface area is 106 Å². The molecule has 4 nitrogen and oxygen atoms in total. The number of nitrogens with one attached hydrogen (secondary N) is 1. The van der Waals surface area contributed by atoms with Gasteiger partial charge in [-0.25, -0.2) is 9.18 Å². The van der Waals surface area contributed by atoms with Crippen LogP contribution in [-0.2, 0) is 9.53 Å². The molecule has 1 aromatic carbocycles. The van der Waals surface area contributed by atoms with Crippen LogP contribution >= 0.6 is 0 Å². The zero-order valence-corrected chi connectivity index (χ0v) is 10.7. The first-order chi connectivity index (χ1) is 8.36. The molecule has 2 unspecified atom stereocenters. The minimum atomic E-state index is -1.58. The lowest BCUT2D eigenvalue weighted by molar-refractivity contribution is -0.160. The SMILES string of the molecule is COC(=O)C(C)(O)CNC(C)c1ccc(F)cc1. The van der Waals surface area contributed by atoms with Gasteiger partial charge in [0, 0.05) is 12.6 Å². The molecule has 0 aliphatic heterocycles. The first kappa shape index (κ1) is 14.6. The Morgan fingerprint density at radius 1 is 1.50 bits per heavy atom. The fraction of sp³-hybridized carbons (Fsp3) is 0.462. The van der Waals surface area contributed by atoms with Crippen molar-refractivity contribution in [2.75, 3.05) is 13.7 Å². The summed E-state index contributed by atoms with van der Waals surface area (Å²) in [5, 5.41) is 12.8. The van der Waals surface area contributed by atoms with Crippen LogP contribution in [0.2, 0.25) is 0 Å². The van der Waals surface area contributed by atoms with Gasteiger partial charge in [-0.05, 0) is 31.5 Å². The summed E-state index contributed by atoms with van der Waals surface area (Å²) in [5.74, 6) is -0.992. The molecule has 1 rings (SSSR count). The molecule has 5 heteroatoms. The van der Waals surface area contributed by atoms with Crippen molar-refractivity contribution in [2.45, 2.75) is 25.5 Å². The summed E-state index contributed by atoms with van der Waals surface area (Å²) in [6, 6.07) is 5.93. The Balaban J connectivity index is 2.58. The van der Waals surface area contributed by atoms with Gasteiger partial charge in [0.1, 0.15) is 5.82 Å². The Hall–Kier alpha value is -1.46. The topological polar surface area (TPSA) is 58.6 Å². The van der Waals surface area contributed by atoms with E-state index in [2.05, 4.69) is 10.1 Å². The monoisotopic (exact) mass is 255 g/mol. The van der Waals surface area contributed by atoms with Crippen molar-refractivity contribution in [3.63, 3.8) is 0 Å². The average molecular weight is 255 g/mol. The molecule has 0 aliphatic rings. The molecule has 0 heterocycles. The molecule has 0 bridgehead atoms. The van der Waals surface area contributed by atoms with Crippen molar-refractivity contribution in [2.24, 2.45) is 0 Å². The van der Waals surface area contributed by atoms with E-state index in [1.807, 2.05) is 6.92 Å². The summed E-state index contributed by atoms with van der Waals surface area (Å²) in [6.45, 7) is 3.29. The predicted molar refractivity (Wildman–Crippen MR) is 65.5 cm³/mol. The number of carbonyl (C=O) groups is 1. The lowest BCUT2D eigenvalue weighted by Gasteiger charge is -2.23. The van der Waals surface area contributed by atoms with Gasteiger partial charge in [-0.2, -0.15) is 0 Å². The van der Waals surface area contributed by atoms with Crippen LogP contribution < -0.4 is 5.32 Å². The molecular weight excluding hydrogens is 237 g/mol. The van der Waals surface area contributed by atoms with Gasteiger partial charge in [-0.3, -0.25) is 0 Å². The Bertz CT molecular complexity index is 403. The predicted octanol–water partition coefficient (Wildman–Crippen LogP) is 1.40. The molecule has 0 saturated carbocycles. The molecule has 100 valence electrons. The van der Waals surface area contributed by atoms with E-state index in [-0.39, 0.29) is 18.4 Å². The molecule has 0 saturated heterocycles. The highest BCUT2D eigenvalue weighted by molar-refractivity contribution is 5.78. The first-order valence-corrected chi connectivity index (χ1v) is 5.66. The van der Waals surface area contributed by atoms with Crippen LogP contribution in [-0.4, -0.2) is 30.3 Å². The number of hydrogen-bond acceptors (Lipinski definition) is 4. The second-order valence-electron chi connectivity index (χ2n) is 4.42. The molecule has 2 N–H and O–H groups in total. The van der Waals surface area contributed by atoms with Gasteiger partial charge < -0.3 is 15.2 Å². The third kappa shape index (κ3) is 3.78. The minimum Gasteiger partial charge on any atom is -0.467 e. The van der Waals surface area contributed by atoms with Gasteiger partial charge in [0.15, 0.2) is 5.60 Å². The quantitative estimate of drug-likeness (QED) is 0.781. The molecule has 2 atom stereocenters. The van der Waals surface area contributed by atoms with Gasteiger partial charge in [0.2, 0.25) is 0 Å². The van der Waals surface area contributed by atoms with Crippen LogP contribution in [0.1, 0.15) is 25.5 Å². The Kier molecular flexibility index (Phi) is 4.81. The first-order valence-electron chi connectivity index (χ1n) is 5.66. The number of carbonyl (C=O) groups excluding carboxylic acids is 1. The number of ether oxygens (including phenoxy) is 1. The molecule has 0 radical (unpaired) electrons. The highest BCUT2D eigenvalue weighted by atomic mass is 19.1. The van der Waals surface area contributed by atoms with E-state index in [0.717, 1.165) is 5.56 Å². The van der Waals surface area contributed by atoms with E-state index >= 15 is 0 Å². The van der Waals surface area contributed by atoms with Crippen LogP contribution in [0, 0.1) is 5.82 Å². The molecule has 1 aromatic rings. The maximum Gasteiger partial charge on any atom is 0.338 e. The molecule has 0 aromatic heterocycles. The highest BCUT2D eigenvalue weighted by Crippen LogP contribution is 2.14. The molecule has 0 fully saturated rings. The van der Waals surface area contributed by atoms with Crippen molar-refractivity contribution in [3.05, 3.63) is 35.6 Å². The number of rotatable bonds is 5. The number of aliphatic hydroxyl groups is 1. The molecule has 0 amide bonds. The molecular formula is C13H18FNO3. The van der Waals surface area contributed by atoms with Crippen LogP contribution in [0.4, 0.5) is 4.39 Å². The minimum absolute atomic E-state index is 0.0538. The lowest BCUT2D eigenvalue weighted by atomic mass is 10.0. The standard InChI is InChI=1S/C13H18FNO3/c1-9(10-4-6-11(14)7-5-10)15-8-13(2,17)12(16)18-3/h4-7,9,15,17H,8H2,1-3H3. The highest BCUT2D eigenvalue weighted by Gasteiger charge is 2.31. The molecule has 0 spiro atoms. The van der Waals surface area contributed by atoms with Crippen molar-refractivity contribution < 1.29 is 19.0 Å². The lowest BCUT2D eigenvalue weighted by Crippen LogP contribution is -2.46. The van der Waals surface area contributed by atoms with Crippen molar-refractivity contribution in [3.8, 4) is 0 Å². The van der Waals surface area contributed by atoms with E-state index in [1.54, 1.807) is 12.1 Å². The summed E-state index contributed by atoms with van der Waals surface area (Å²) in [6.07, 6.45) is 0. The zero-order chi connectivity index (χ0) is 13.8. The number of benzene rings is 1. The fourth-order valence-corrected chi connectivity index (χ4v) is 1.51. The van der Waals surface area contributed by atoms with E-state index in [0.29, 0.717) is 0 Å². The molecule has 0 aliphatic carbocycles. The van der Waals surface area contributed by atoms with E-state index in [1.165, 1.54) is 26.2 Å². The van der Waals surface area contributed by atoms with Gasteiger partial charge in [0.25, 0.3) is 0 Å². The van der Waals surface area contributed by atoms with Gasteiger partial charge >= 0.3 is 5.97 Å². The van der Waals surface area contributed by atoms with E-state index in [4.69, 9.17) is 0 Å². The summed E-state index contributed by atoms with van der Waals surface area (Å²) in [5.41, 5.74) is -0.708. The Morgan fingerprint density at radius 3 is 2.56 bits per heavy atom. The third-order valence-electron chi connectivity index (χ3n) is 2.75. The smallest absolute Gasteiger partial charge is 0.338 e. The number of methoxy groups -OCH3 is 1. The maximum atomic E-state index is 12.8. The third-order valence-corrected chi connectivity index (χ3v) is 2.75. The second-order valence-corrected chi connectivity index (χ2v) is 4.42. The van der Waals surface area contributed by atoms with Crippen molar-refractivity contribution >= 4 is 5.97 Å². The van der Waals surface area contributed by atoms with Crippen molar-refractivity contribution in [1.29, 1.82) is 0 Å². The number of hydrogen-bond donors (Lipinski definition) is 2. The van der Waals surface area contributed by atoms with Gasteiger partial charge in [-0.1, -0.05) is 12.1 Å². The second kappa shape index (κ2) is 5.93.